The summed E-state index contributed by atoms with van der Waals surface area (Å²) >= 11 is 0. The smallest absolute Gasteiger partial charge is 0.225 e. The van der Waals surface area contributed by atoms with Gasteiger partial charge in [-0.25, -0.2) is 0 Å². The summed E-state index contributed by atoms with van der Waals surface area (Å²) in [6, 6.07) is 0. The van der Waals surface area contributed by atoms with E-state index in [1.165, 1.54) is 25.9 Å². The molecule has 2 aliphatic heterocycles. The lowest BCUT2D eigenvalue weighted by Gasteiger charge is -2.30. The van der Waals surface area contributed by atoms with Crippen LogP contribution in [0.2, 0.25) is 0 Å². The van der Waals surface area contributed by atoms with Crippen LogP contribution in [0.15, 0.2) is 0 Å². The van der Waals surface area contributed by atoms with Gasteiger partial charge in [0.15, 0.2) is 0 Å². The van der Waals surface area contributed by atoms with Gasteiger partial charge in [-0.3, -0.25) is 9.59 Å². The van der Waals surface area contributed by atoms with E-state index < -0.39 is 0 Å². The maximum Gasteiger partial charge on any atom is 0.225 e. The number of carbonyl (C=O) groups is 2. The van der Waals surface area contributed by atoms with Gasteiger partial charge in [-0.15, -0.1) is 0 Å². The minimum Gasteiger partial charge on any atom is -0.356 e. The lowest BCUT2D eigenvalue weighted by molar-refractivity contribution is -0.126. The Morgan fingerprint density at radius 3 is 2.79 bits per heavy atom. The summed E-state index contributed by atoms with van der Waals surface area (Å²) in [5, 5.41) is 5.62. The first-order chi connectivity index (χ1) is 9.15. The second kappa shape index (κ2) is 6.89. The maximum atomic E-state index is 11.8. The molecule has 2 fully saturated rings. The Hall–Kier alpha value is -1.10. The quantitative estimate of drug-likeness (QED) is 0.707. The Balaban J connectivity index is 1.54. The summed E-state index contributed by atoms with van der Waals surface area (Å²) in [5.74, 6) is 0.708. The SMILES string of the molecule is CC1CCN(CCCNC(=O)C2CNC(=O)C2)CC1. The standard InChI is InChI=1S/C14H25N3O2/c1-11-3-7-17(8-4-11)6-2-5-15-14(19)12-9-13(18)16-10-12/h11-12H,2-10H2,1H3,(H,15,19)(H,16,18). The van der Waals surface area contributed by atoms with Crippen LogP contribution in [-0.2, 0) is 9.59 Å². The highest BCUT2D eigenvalue weighted by atomic mass is 16.2. The summed E-state index contributed by atoms with van der Waals surface area (Å²) in [6.07, 6.45) is 3.93. The molecule has 0 aliphatic carbocycles. The summed E-state index contributed by atoms with van der Waals surface area (Å²) in [6.45, 7) is 6.97. The lowest BCUT2D eigenvalue weighted by Crippen LogP contribution is -2.37. The number of hydrogen-bond donors (Lipinski definition) is 2. The number of likely N-dealkylation sites (tertiary alicyclic amines) is 1. The first-order valence-corrected chi connectivity index (χ1v) is 7.42. The number of carbonyl (C=O) groups excluding carboxylic acids is 2. The second-order valence-corrected chi connectivity index (χ2v) is 5.87. The van der Waals surface area contributed by atoms with Gasteiger partial charge in [0.05, 0.1) is 5.92 Å². The Labute approximate surface area is 115 Å². The zero-order valence-electron chi connectivity index (χ0n) is 11.8. The van der Waals surface area contributed by atoms with E-state index in [9.17, 15) is 9.59 Å². The van der Waals surface area contributed by atoms with Crippen molar-refractivity contribution in [3.05, 3.63) is 0 Å². The first kappa shape index (κ1) is 14.3. The van der Waals surface area contributed by atoms with Crippen molar-refractivity contribution >= 4 is 11.8 Å². The molecule has 2 N–H and O–H groups in total. The molecule has 0 saturated carbocycles. The number of nitrogens with zero attached hydrogens (tertiary/aromatic N) is 1. The Morgan fingerprint density at radius 1 is 1.42 bits per heavy atom. The van der Waals surface area contributed by atoms with Gasteiger partial charge in [0.1, 0.15) is 0 Å². The van der Waals surface area contributed by atoms with Gasteiger partial charge in [-0.05, 0) is 44.8 Å². The van der Waals surface area contributed by atoms with E-state index in [4.69, 9.17) is 0 Å². The minimum atomic E-state index is -0.164. The van der Waals surface area contributed by atoms with Crippen LogP contribution in [0.4, 0.5) is 0 Å². The van der Waals surface area contributed by atoms with E-state index in [0.29, 0.717) is 13.0 Å². The third-order valence-corrected chi connectivity index (χ3v) is 4.17. The monoisotopic (exact) mass is 267 g/mol. The van der Waals surface area contributed by atoms with Crippen LogP contribution in [-0.4, -0.2) is 49.4 Å². The third kappa shape index (κ3) is 4.49. The van der Waals surface area contributed by atoms with Gasteiger partial charge >= 0.3 is 0 Å². The summed E-state index contributed by atoms with van der Waals surface area (Å²) in [4.78, 5) is 25.3. The molecule has 108 valence electrons. The van der Waals surface area contributed by atoms with Crippen molar-refractivity contribution in [1.82, 2.24) is 15.5 Å². The summed E-state index contributed by atoms with van der Waals surface area (Å²) < 4.78 is 0. The molecule has 19 heavy (non-hydrogen) atoms. The van der Waals surface area contributed by atoms with Crippen molar-refractivity contribution in [2.75, 3.05) is 32.7 Å². The number of hydrogen-bond acceptors (Lipinski definition) is 3. The summed E-state index contributed by atoms with van der Waals surface area (Å²) in [7, 11) is 0. The van der Waals surface area contributed by atoms with E-state index in [1.807, 2.05) is 0 Å². The van der Waals surface area contributed by atoms with E-state index in [0.717, 1.165) is 25.4 Å². The first-order valence-electron chi connectivity index (χ1n) is 7.42. The molecule has 1 unspecified atom stereocenters. The van der Waals surface area contributed by atoms with Crippen molar-refractivity contribution in [1.29, 1.82) is 0 Å². The average Bonchev–Trinajstić information content (AvgIpc) is 2.83. The van der Waals surface area contributed by atoms with E-state index in [-0.39, 0.29) is 17.7 Å². The molecule has 0 aromatic heterocycles. The molecule has 0 aromatic carbocycles. The van der Waals surface area contributed by atoms with Crippen LogP contribution in [0, 0.1) is 11.8 Å². The molecule has 1 atom stereocenters. The van der Waals surface area contributed by atoms with E-state index in [1.54, 1.807) is 0 Å². The molecule has 5 heteroatoms. The Morgan fingerprint density at radius 2 is 2.16 bits per heavy atom. The molecule has 2 rings (SSSR count). The van der Waals surface area contributed by atoms with E-state index in [2.05, 4.69) is 22.5 Å². The zero-order chi connectivity index (χ0) is 13.7. The number of nitrogens with one attached hydrogen (secondary N) is 2. The molecule has 2 amide bonds. The predicted octanol–water partition coefficient (Wildman–Crippen LogP) is 0.361. The van der Waals surface area contributed by atoms with Gasteiger partial charge in [0.25, 0.3) is 0 Å². The Bertz CT molecular complexity index is 325. The van der Waals surface area contributed by atoms with E-state index >= 15 is 0 Å². The summed E-state index contributed by atoms with van der Waals surface area (Å²) in [5.41, 5.74) is 0. The van der Waals surface area contributed by atoms with Crippen molar-refractivity contribution < 1.29 is 9.59 Å². The molecule has 0 bridgehead atoms. The predicted molar refractivity (Wildman–Crippen MR) is 73.6 cm³/mol. The molecule has 2 saturated heterocycles. The van der Waals surface area contributed by atoms with Crippen molar-refractivity contribution in [3.63, 3.8) is 0 Å². The zero-order valence-corrected chi connectivity index (χ0v) is 11.8. The van der Waals surface area contributed by atoms with Crippen molar-refractivity contribution in [2.24, 2.45) is 11.8 Å². The maximum absolute atomic E-state index is 11.8. The molecular weight excluding hydrogens is 242 g/mol. The fourth-order valence-electron chi connectivity index (χ4n) is 2.73. The van der Waals surface area contributed by atoms with Crippen LogP contribution >= 0.6 is 0 Å². The fraction of sp³-hybridized carbons (Fsp3) is 0.857. The molecular formula is C14H25N3O2. The molecule has 2 heterocycles. The minimum absolute atomic E-state index is 0.0115. The van der Waals surface area contributed by atoms with Crippen molar-refractivity contribution in [3.8, 4) is 0 Å². The molecule has 5 nitrogen and oxygen atoms in total. The van der Waals surface area contributed by atoms with Crippen LogP contribution in [0.1, 0.15) is 32.6 Å². The van der Waals surface area contributed by atoms with Gasteiger partial charge in [-0.1, -0.05) is 6.92 Å². The van der Waals surface area contributed by atoms with Crippen LogP contribution in [0.3, 0.4) is 0 Å². The number of amides is 2. The highest BCUT2D eigenvalue weighted by Crippen LogP contribution is 2.15. The lowest BCUT2D eigenvalue weighted by atomic mass is 9.99. The highest BCUT2D eigenvalue weighted by molar-refractivity contribution is 5.89. The Kier molecular flexibility index (Phi) is 5.19. The topological polar surface area (TPSA) is 61.4 Å². The molecule has 0 spiro atoms. The molecule has 0 aromatic rings. The average molecular weight is 267 g/mol. The highest BCUT2D eigenvalue weighted by Gasteiger charge is 2.27. The van der Waals surface area contributed by atoms with Gasteiger partial charge in [-0.2, -0.15) is 0 Å². The molecule has 2 aliphatic rings. The molecule has 0 radical (unpaired) electrons. The fourth-order valence-corrected chi connectivity index (χ4v) is 2.73. The van der Waals surface area contributed by atoms with Crippen molar-refractivity contribution in [2.45, 2.75) is 32.6 Å². The second-order valence-electron chi connectivity index (χ2n) is 5.87. The van der Waals surface area contributed by atoms with Crippen LogP contribution in [0.25, 0.3) is 0 Å². The normalized spacial score (nSPS) is 25.3. The largest absolute Gasteiger partial charge is 0.356 e. The van der Waals surface area contributed by atoms with Gasteiger partial charge in [0, 0.05) is 19.5 Å². The van der Waals surface area contributed by atoms with Gasteiger partial charge in [0.2, 0.25) is 11.8 Å². The van der Waals surface area contributed by atoms with Gasteiger partial charge < -0.3 is 15.5 Å². The van der Waals surface area contributed by atoms with Crippen LogP contribution in [0.5, 0.6) is 0 Å². The van der Waals surface area contributed by atoms with Crippen LogP contribution < -0.4 is 10.6 Å². The number of rotatable bonds is 5. The third-order valence-electron chi connectivity index (χ3n) is 4.17. The number of piperidine rings is 1.